The van der Waals surface area contributed by atoms with Crippen LogP contribution >= 0.6 is 0 Å². The van der Waals surface area contributed by atoms with Crippen LogP contribution in [-0.2, 0) is 16.6 Å². The van der Waals surface area contributed by atoms with Crippen LogP contribution in [0.4, 0.5) is 0 Å². The van der Waals surface area contributed by atoms with Gasteiger partial charge in [0.15, 0.2) is 0 Å². The van der Waals surface area contributed by atoms with Crippen molar-refractivity contribution in [2.24, 2.45) is 0 Å². The molecule has 1 aromatic heterocycles. The summed E-state index contributed by atoms with van der Waals surface area (Å²) in [6.07, 6.45) is 0.764. The van der Waals surface area contributed by atoms with Crippen LogP contribution < -0.4 is 0 Å². The van der Waals surface area contributed by atoms with Gasteiger partial charge in [0, 0.05) is 12.6 Å². The van der Waals surface area contributed by atoms with Crippen molar-refractivity contribution in [1.82, 2.24) is 14.1 Å². The van der Waals surface area contributed by atoms with Gasteiger partial charge in [0.05, 0.1) is 24.5 Å². The SMILES string of the molecule is CCCN(C(C)C)S(=O)(=O)c1c(C)nn(CCO)c1C. The topological polar surface area (TPSA) is 75.4 Å². The van der Waals surface area contributed by atoms with E-state index in [4.69, 9.17) is 5.11 Å². The number of aliphatic hydroxyl groups excluding tert-OH is 1. The molecule has 0 aliphatic heterocycles. The maximum atomic E-state index is 12.8. The van der Waals surface area contributed by atoms with E-state index in [1.807, 2.05) is 20.8 Å². The quantitative estimate of drug-likeness (QED) is 0.824. The summed E-state index contributed by atoms with van der Waals surface area (Å²) < 4.78 is 28.7. The molecule has 0 saturated heterocycles. The average Bonchev–Trinajstić information content (AvgIpc) is 2.61. The van der Waals surface area contributed by atoms with Gasteiger partial charge in [-0.15, -0.1) is 0 Å². The Morgan fingerprint density at radius 3 is 2.40 bits per heavy atom. The maximum Gasteiger partial charge on any atom is 0.246 e. The highest BCUT2D eigenvalue weighted by Crippen LogP contribution is 2.25. The van der Waals surface area contributed by atoms with Gasteiger partial charge in [-0.1, -0.05) is 6.92 Å². The highest BCUT2D eigenvalue weighted by atomic mass is 32.2. The van der Waals surface area contributed by atoms with E-state index in [9.17, 15) is 8.42 Å². The van der Waals surface area contributed by atoms with Crippen molar-refractivity contribution < 1.29 is 13.5 Å². The first kappa shape index (κ1) is 17.1. The van der Waals surface area contributed by atoms with Gasteiger partial charge in [-0.2, -0.15) is 9.40 Å². The number of aryl methyl sites for hydroxylation is 1. The monoisotopic (exact) mass is 303 g/mol. The number of rotatable bonds is 7. The van der Waals surface area contributed by atoms with Crippen LogP contribution in [-0.4, -0.2) is 46.8 Å². The van der Waals surface area contributed by atoms with Crippen LogP contribution in [0.25, 0.3) is 0 Å². The smallest absolute Gasteiger partial charge is 0.246 e. The van der Waals surface area contributed by atoms with Gasteiger partial charge in [0.1, 0.15) is 4.90 Å². The Morgan fingerprint density at radius 2 is 1.95 bits per heavy atom. The lowest BCUT2D eigenvalue weighted by atomic mass is 10.4. The van der Waals surface area contributed by atoms with Gasteiger partial charge in [-0.05, 0) is 34.1 Å². The fourth-order valence-corrected chi connectivity index (χ4v) is 4.47. The molecule has 0 aliphatic carbocycles. The number of sulfonamides is 1. The molecule has 0 radical (unpaired) electrons. The molecule has 0 bridgehead atoms. The molecular weight excluding hydrogens is 278 g/mol. The van der Waals surface area contributed by atoms with E-state index in [0.717, 1.165) is 6.42 Å². The number of nitrogens with zero attached hydrogens (tertiary/aromatic N) is 3. The first-order valence-corrected chi connectivity index (χ1v) is 8.38. The third-order valence-corrected chi connectivity index (χ3v) is 5.54. The van der Waals surface area contributed by atoms with Crippen LogP contribution in [0.1, 0.15) is 38.6 Å². The van der Waals surface area contributed by atoms with Crippen molar-refractivity contribution in [3.8, 4) is 0 Å². The van der Waals surface area contributed by atoms with Crippen molar-refractivity contribution in [2.45, 2.75) is 58.5 Å². The van der Waals surface area contributed by atoms with Crippen LogP contribution in [0.2, 0.25) is 0 Å². The molecule has 0 fully saturated rings. The molecule has 1 rings (SSSR count). The highest BCUT2D eigenvalue weighted by molar-refractivity contribution is 7.89. The molecule has 7 heteroatoms. The van der Waals surface area contributed by atoms with Gasteiger partial charge < -0.3 is 5.11 Å². The van der Waals surface area contributed by atoms with E-state index in [-0.39, 0.29) is 17.5 Å². The lowest BCUT2D eigenvalue weighted by molar-refractivity contribution is 0.267. The van der Waals surface area contributed by atoms with E-state index >= 15 is 0 Å². The van der Waals surface area contributed by atoms with Gasteiger partial charge in [0.25, 0.3) is 0 Å². The molecule has 0 aromatic carbocycles. The van der Waals surface area contributed by atoms with Crippen LogP contribution in [0, 0.1) is 13.8 Å². The van der Waals surface area contributed by atoms with Crippen LogP contribution in [0.15, 0.2) is 4.90 Å². The Hall–Kier alpha value is -0.920. The minimum atomic E-state index is -3.55. The molecular formula is C13H25N3O3S. The zero-order valence-corrected chi connectivity index (χ0v) is 13.7. The van der Waals surface area contributed by atoms with E-state index < -0.39 is 10.0 Å². The Morgan fingerprint density at radius 1 is 1.35 bits per heavy atom. The molecule has 1 N–H and O–H groups in total. The second-order valence-corrected chi connectivity index (χ2v) is 6.98. The van der Waals surface area contributed by atoms with Crippen molar-refractivity contribution in [2.75, 3.05) is 13.2 Å². The average molecular weight is 303 g/mol. The fourth-order valence-electron chi connectivity index (χ4n) is 2.36. The third kappa shape index (κ3) is 3.21. The Balaban J connectivity index is 3.34. The number of aromatic nitrogens is 2. The second kappa shape index (κ2) is 6.69. The zero-order valence-electron chi connectivity index (χ0n) is 12.9. The third-order valence-electron chi connectivity index (χ3n) is 3.21. The molecule has 0 atom stereocenters. The van der Waals surface area contributed by atoms with Crippen molar-refractivity contribution in [1.29, 1.82) is 0 Å². The Bertz CT molecular complexity index is 549. The summed E-state index contributed by atoms with van der Waals surface area (Å²) in [6, 6.07) is -0.0973. The minimum absolute atomic E-state index is 0.0652. The van der Waals surface area contributed by atoms with Crippen molar-refractivity contribution in [3.63, 3.8) is 0 Å². The lowest BCUT2D eigenvalue weighted by Crippen LogP contribution is -2.38. The summed E-state index contributed by atoms with van der Waals surface area (Å²) in [5.74, 6) is 0. The molecule has 0 spiro atoms. The number of hydrogen-bond donors (Lipinski definition) is 1. The largest absolute Gasteiger partial charge is 0.394 e. The minimum Gasteiger partial charge on any atom is -0.394 e. The molecule has 6 nitrogen and oxygen atoms in total. The summed E-state index contributed by atoms with van der Waals surface area (Å²) >= 11 is 0. The highest BCUT2D eigenvalue weighted by Gasteiger charge is 2.31. The number of aliphatic hydroxyl groups is 1. The van der Waals surface area contributed by atoms with E-state index in [2.05, 4.69) is 5.10 Å². The Labute approximate surface area is 121 Å². The summed E-state index contributed by atoms with van der Waals surface area (Å²) in [5, 5.41) is 13.2. The lowest BCUT2D eigenvalue weighted by Gasteiger charge is -2.25. The normalized spacial score (nSPS) is 12.6. The first-order valence-electron chi connectivity index (χ1n) is 6.94. The van der Waals surface area contributed by atoms with Crippen molar-refractivity contribution >= 4 is 10.0 Å². The van der Waals surface area contributed by atoms with Crippen LogP contribution in [0.3, 0.4) is 0 Å². The molecule has 0 saturated carbocycles. The molecule has 0 amide bonds. The van der Waals surface area contributed by atoms with Crippen LogP contribution in [0.5, 0.6) is 0 Å². The Kier molecular flexibility index (Phi) is 5.73. The first-order chi connectivity index (χ1) is 9.27. The molecule has 116 valence electrons. The summed E-state index contributed by atoms with van der Waals surface area (Å²) in [7, 11) is -3.55. The zero-order chi connectivity index (χ0) is 15.5. The molecule has 20 heavy (non-hydrogen) atoms. The fraction of sp³-hybridized carbons (Fsp3) is 0.769. The molecule has 1 heterocycles. The summed E-state index contributed by atoms with van der Waals surface area (Å²) in [6.45, 7) is 9.85. The molecule has 1 aromatic rings. The predicted octanol–water partition coefficient (Wildman–Crippen LogP) is 1.30. The van der Waals surface area contributed by atoms with Gasteiger partial charge in [0.2, 0.25) is 10.0 Å². The predicted molar refractivity (Wildman–Crippen MR) is 78.1 cm³/mol. The van der Waals surface area contributed by atoms with E-state index in [1.165, 1.54) is 4.31 Å². The standard InChI is InChI=1S/C13H25N3O3S/c1-6-7-16(10(2)3)20(18,19)13-11(4)14-15(8-9-17)12(13)5/h10,17H,6-9H2,1-5H3. The van der Waals surface area contributed by atoms with Gasteiger partial charge >= 0.3 is 0 Å². The molecule has 0 unspecified atom stereocenters. The summed E-state index contributed by atoms with van der Waals surface area (Å²) in [4.78, 5) is 0.271. The second-order valence-electron chi connectivity index (χ2n) is 5.16. The van der Waals surface area contributed by atoms with E-state index in [0.29, 0.717) is 24.5 Å². The molecule has 0 aliphatic rings. The van der Waals surface area contributed by atoms with Gasteiger partial charge in [-0.25, -0.2) is 8.42 Å². The maximum absolute atomic E-state index is 12.8. The van der Waals surface area contributed by atoms with Gasteiger partial charge in [-0.3, -0.25) is 4.68 Å². The van der Waals surface area contributed by atoms with E-state index in [1.54, 1.807) is 18.5 Å². The van der Waals surface area contributed by atoms with Crippen molar-refractivity contribution in [3.05, 3.63) is 11.4 Å². The summed E-state index contributed by atoms with van der Waals surface area (Å²) in [5.41, 5.74) is 1.07. The number of hydrogen-bond acceptors (Lipinski definition) is 4.